The number of hydrogen-bond acceptors (Lipinski definition) is 7. The van der Waals surface area contributed by atoms with Gasteiger partial charge in [0.25, 0.3) is 5.91 Å². The minimum atomic E-state index is -0.440. The molecular weight excluding hydrogens is 515 g/mol. The Bertz CT molecular complexity index is 1560. The van der Waals surface area contributed by atoms with Gasteiger partial charge in [0, 0.05) is 57.4 Å². The molecule has 1 saturated carbocycles. The van der Waals surface area contributed by atoms with Crippen LogP contribution in [0, 0.1) is 5.82 Å². The summed E-state index contributed by atoms with van der Waals surface area (Å²) in [4.78, 5) is 36.9. The number of benzene rings is 1. The first-order valence-corrected chi connectivity index (χ1v) is 13.5. The number of urea groups is 1. The highest BCUT2D eigenvalue weighted by Gasteiger charge is 2.29. The number of halogens is 1. The second-order valence-electron chi connectivity index (χ2n) is 10.6. The summed E-state index contributed by atoms with van der Waals surface area (Å²) < 4.78 is 20.7. The molecule has 1 aliphatic heterocycles. The topological polar surface area (TPSA) is 132 Å². The summed E-state index contributed by atoms with van der Waals surface area (Å²) in [6.07, 6.45) is 6.98. The molecule has 3 N–H and O–H groups in total. The zero-order chi connectivity index (χ0) is 27.8. The van der Waals surface area contributed by atoms with E-state index in [1.807, 2.05) is 12.1 Å². The normalized spacial score (nSPS) is 17.2. The third-order valence-corrected chi connectivity index (χ3v) is 7.66. The summed E-state index contributed by atoms with van der Waals surface area (Å²) in [6, 6.07) is 6.75. The Morgan fingerprint density at radius 2 is 2.08 bits per heavy atom. The second kappa shape index (κ2) is 10.6. The lowest BCUT2D eigenvalue weighted by Crippen LogP contribution is -2.38. The number of nitrogens with zero attached hydrogens (tertiary/aromatic N) is 5. The van der Waals surface area contributed by atoms with E-state index in [-0.39, 0.29) is 30.2 Å². The number of aromatic nitrogens is 4. The summed E-state index contributed by atoms with van der Waals surface area (Å²) in [6.45, 7) is 1.24. The number of carbonyl (C=O) groups excluding carboxylic acids is 2. The first kappa shape index (κ1) is 25.8. The number of oxazole rings is 1. The lowest BCUT2D eigenvalue weighted by Gasteiger charge is -2.21. The highest BCUT2D eigenvalue weighted by atomic mass is 19.1. The van der Waals surface area contributed by atoms with Crippen LogP contribution in [0.25, 0.3) is 22.2 Å². The second-order valence-corrected chi connectivity index (χ2v) is 10.6. The van der Waals surface area contributed by atoms with Crippen LogP contribution in [0.2, 0.25) is 0 Å². The standard InChI is InChI=1S/C28H31FN8O3/c1-36(2)28(39)37-11-9-19(14-37)32-25-23-20(8-10-30-24(23)34-35-25)17-6-7-18(21(29)12-17)13-31-26(38)22-15-40-27(33-22)16-4-3-5-16/h6-8,10,12,15-16,19H,3-5,9,11,13-14H2,1-2H3,(H,31,38)(H2,30,32,34,35). The number of pyridine rings is 1. The van der Waals surface area contributed by atoms with E-state index in [1.165, 1.54) is 12.3 Å². The van der Waals surface area contributed by atoms with Crippen molar-refractivity contribution in [2.75, 3.05) is 32.5 Å². The van der Waals surface area contributed by atoms with Crippen LogP contribution in [0.4, 0.5) is 15.0 Å². The Morgan fingerprint density at radius 1 is 1.23 bits per heavy atom. The summed E-state index contributed by atoms with van der Waals surface area (Å²) in [5.74, 6) is 0.645. The van der Waals surface area contributed by atoms with Crippen molar-refractivity contribution >= 4 is 28.8 Å². The molecule has 3 amide bonds. The van der Waals surface area contributed by atoms with Gasteiger partial charge in [-0.25, -0.2) is 19.2 Å². The molecule has 1 atom stereocenters. The molecule has 40 heavy (non-hydrogen) atoms. The van der Waals surface area contributed by atoms with E-state index >= 15 is 4.39 Å². The first-order valence-electron chi connectivity index (χ1n) is 13.5. The maximum absolute atomic E-state index is 15.2. The van der Waals surface area contributed by atoms with Gasteiger partial charge >= 0.3 is 6.03 Å². The molecule has 2 aliphatic rings. The fourth-order valence-electron chi connectivity index (χ4n) is 5.18. The van der Waals surface area contributed by atoms with Gasteiger partial charge in [-0.15, -0.1) is 0 Å². The molecule has 0 bridgehead atoms. The highest BCUT2D eigenvalue weighted by Crippen LogP contribution is 2.36. The number of fused-ring (bicyclic) bond motifs is 1. The first-order chi connectivity index (χ1) is 19.4. The van der Waals surface area contributed by atoms with Gasteiger partial charge < -0.3 is 24.9 Å². The molecule has 1 unspecified atom stereocenters. The number of nitrogens with one attached hydrogen (secondary N) is 3. The number of anilines is 1. The number of carbonyl (C=O) groups is 2. The van der Waals surface area contributed by atoms with Crippen LogP contribution in [-0.2, 0) is 6.54 Å². The van der Waals surface area contributed by atoms with Crippen LogP contribution in [0.15, 0.2) is 41.1 Å². The lowest BCUT2D eigenvalue weighted by atomic mass is 9.85. The van der Waals surface area contributed by atoms with Gasteiger partial charge in [-0.2, -0.15) is 5.10 Å². The molecule has 208 valence electrons. The lowest BCUT2D eigenvalue weighted by molar-refractivity contribution is 0.0945. The maximum Gasteiger partial charge on any atom is 0.319 e. The fourth-order valence-corrected chi connectivity index (χ4v) is 5.18. The number of H-pyrrole nitrogens is 1. The Balaban J connectivity index is 1.16. The molecule has 3 aromatic heterocycles. The van der Waals surface area contributed by atoms with Crippen LogP contribution in [0.1, 0.15) is 53.5 Å². The number of likely N-dealkylation sites (tertiary alicyclic amines) is 1. The molecule has 6 rings (SSSR count). The van der Waals surface area contributed by atoms with Crippen molar-refractivity contribution < 1.29 is 18.4 Å². The number of hydrogen-bond donors (Lipinski definition) is 3. The van der Waals surface area contributed by atoms with Gasteiger partial charge in [0.2, 0.25) is 0 Å². The Kier molecular flexibility index (Phi) is 6.82. The molecule has 1 saturated heterocycles. The average molecular weight is 547 g/mol. The smallest absolute Gasteiger partial charge is 0.319 e. The third kappa shape index (κ3) is 4.96. The van der Waals surface area contributed by atoms with Crippen molar-refractivity contribution in [3.63, 3.8) is 0 Å². The predicted octanol–water partition coefficient (Wildman–Crippen LogP) is 4.12. The predicted molar refractivity (Wildman–Crippen MR) is 146 cm³/mol. The molecule has 0 radical (unpaired) electrons. The zero-order valence-electron chi connectivity index (χ0n) is 22.4. The Morgan fingerprint density at radius 3 is 2.83 bits per heavy atom. The molecule has 11 nitrogen and oxygen atoms in total. The van der Waals surface area contributed by atoms with Gasteiger partial charge in [-0.1, -0.05) is 18.6 Å². The monoisotopic (exact) mass is 546 g/mol. The van der Waals surface area contributed by atoms with E-state index in [9.17, 15) is 9.59 Å². The van der Waals surface area contributed by atoms with Gasteiger partial charge in [-0.3, -0.25) is 9.89 Å². The van der Waals surface area contributed by atoms with E-state index in [4.69, 9.17) is 4.42 Å². The van der Waals surface area contributed by atoms with Crippen LogP contribution >= 0.6 is 0 Å². The van der Waals surface area contributed by atoms with Crippen LogP contribution in [0.5, 0.6) is 0 Å². The fraction of sp³-hybridized carbons (Fsp3) is 0.393. The quantitative estimate of drug-likeness (QED) is 0.318. The zero-order valence-corrected chi connectivity index (χ0v) is 22.4. The highest BCUT2D eigenvalue weighted by molar-refractivity contribution is 6.00. The molecule has 4 aromatic rings. The third-order valence-electron chi connectivity index (χ3n) is 7.66. The Labute approximate surface area is 230 Å². The van der Waals surface area contributed by atoms with Crippen LogP contribution in [-0.4, -0.2) is 75.1 Å². The summed E-state index contributed by atoms with van der Waals surface area (Å²) in [7, 11) is 3.48. The van der Waals surface area contributed by atoms with E-state index in [1.54, 1.807) is 36.2 Å². The Hall–Kier alpha value is -4.48. The van der Waals surface area contributed by atoms with E-state index in [0.717, 1.165) is 36.6 Å². The molecule has 12 heteroatoms. The van der Waals surface area contributed by atoms with E-state index in [0.29, 0.717) is 41.6 Å². The van der Waals surface area contributed by atoms with Gasteiger partial charge in [0.05, 0.1) is 5.39 Å². The van der Waals surface area contributed by atoms with Gasteiger partial charge in [0.1, 0.15) is 12.1 Å². The van der Waals surface area contributed by atoms with E-state index in [2.05, 4.69) is 30.8 Å². The van der Waals surface area contributed by atoms with Gasteiger partial charge in [-0.05, 0) is 42.5 Å². The van der Waals surface area contributed by atoms with Crippen molar-refractivity contribution in [2.45, 2.75) is 44.2 Å². The summed E-state index contributed by atoms with van der Waals surface area (Å²) in [5.41, 5.74) is 2.55. The summed E-state index contributed by atoms with van der Waals surface area (Å²) in [5, 5.41) is 14.3. The minimum Gasteiger partial charge on any atom is -0.448 e. The van der Waals surface area contributed by atoms with E-state index < -0.39 is 11.7 Å². The maximum atomic E-state index is 15.2. The van der Waals surface area contributed by atoms with Crippen molar-refractivity contribution in [3.05, 3.63) is 59.7 Å². The molecular formula is C28H31FN8O3. The average Bonchev–Trinajstić information content (AvgIpc) is 3.67. The summed E-state index contributed by atoms with van der Waals surface area (Å²) >= 11 is 0. The van der Waals surface area contributed by atoms with Crippen LogP contribution in [0.3, 0.4) is 0 Å². The number of rotatable bonds is 7. The van der Waals surface area contributed by atoms with Crippen molar-refractivity contribution in [1.82, 2.24) is 35.3 Å². The van der Waals surface area contributed by atoms with Crippen molar-refractivity contribution in [1.29, 1.82) is 0 Å². The van der Waals surface area contributed by atoms with Crippen molar-refractivity contribution in [2.24, 2.45) is 0 Å². The number of amides is 3. The molecule has 1 aliphatic carbocycles. The number of aromatic amines is 1. The van der Waals surface area contributed by atoms with Crippen molar-refractivity contribution in [3.8, 4) is 11.1 Å². The molecule has 0 spiro atoms. The minimum absolute atomic E-state index is 0.0185. The largest absolute Gasteiger partial charge is 0.448 e. The molecule has 4 heterocycles. The molecule has 1 aromatic carbocycles. The van der Waals surface area contributed by atoms with Gasteiger partial charge in [0.15, 0.2) is 23.0 Å². The SMILES string of the molecule is CN(C)C(=O)N1CCC(Nc2n[nH]c3nccc(-c4ccc(CNC(=O)c5coc(C6CCC6)n5)c(F)c4)c23)C1. The molecule has 2 fully saturated rings. The van der Waals surface area contributed by atoms with Crippen LogP contribution < -0.4 is 10.6 Å².